The van der Waals surface area contributed by atoms with Crippen LogP contribution in [0.3, 0.4) is 0 Å². The van der Waals surface area contributed by atoms with Gasteiger partial charge in [-0.05, 0) is 30.5 Å². The molecule has 0 spiro atoms. The van der Waals surface area contributed by atoms with Gasteiger partial charge in [0.1, 0.15) is 0 Å². The van der Waals surface area contributed by atoms with Crippen molar-refractivity contribution < 1.29 is 4.79 Å². The molecule has 110 valence electrons. The molecule has 1 aromatic heterocycles. The van der Waals surface area contributed by atoms with Crippen molar-refractivity contribution in [1.82, 2.24) is 9.47 Å². The molecule has 0 fully saturated rings. The van der Waals surface area contributed by atoms with E-state index in [4.69, 9.17) is 0 Å². The predicted octanol–water partition coefficient (Wildman–Crippen LogP) is 3.63. The number of aromatic nitrogens is 1. The van der Waals surface area contributed by atoms with E-state index in [9.17, 15) is 4.79 Å². The number of hydrogen-bond donors (Lipinski definition) is 0. The minimum Gasteiger partial charge on any atom is -0.294 e. The van der Waals surface area contributed by atoms with E-state index in [0.717, 1.165) is 31.4 Å². The summed E-state index contributed by atoms with van der Waals surface area (Å²) in [6.07, 6.45) is 2.83. The van der Waals surface area contributed by atoms with Gasteiger partial charge in [0.15, 0.2) is 0 Å². The summed E-state index contributed by atoms with van der Waals surface area (Å²) in [4.78, 5) is 15.3. The van der Waals surface area contributed by atoms with Crippen LogP contribution in [0.25, 0.3) is 10.9 Å². The first-order valence-electron chi connectivity index (χ1n) is 8.15. The third-order valence-electron chi connectivity index (χ3n) is 5.41. The molecule has 21 heavy (non-hydrogen) atoms. The quantitative estimate of drug-likeness (QED) is 0.840. The van der Waals surface area contributed by atoms with Crippen LogP contribution in [0.4, 0.5) is 0 Å². The normalized spacial score (nSPS) is 25.3. The van der Waals surface area contributed by atoms with Gasteiger partial charge in [0.2, 0.25) is 5.91 Å². The highest BCUT2D eigenvalue weighted by Crippen LogP contribution is 2.45. The van der Waals surface area contributed by atoms with E-state index in [1.807, 2.05) is 10.6 Å². The molecule has 2 aliphatic heterocycles. The van der Waals surface area contributed by atoms with Crippen molar-refractivity contribution in [2.75, 3.05) is 13.1 Å². The van der Waals surface area contributed by atoms with Gasteiger partial charge in [-0.1, -0.05) is 38.5 Å². The zero-order chi connectivity index (χ0) is 14.6. The Hall–Kier alpha value is -1.61. The van der Waals surface area contributed by atoms with Gasteiger partial charge in [0.25, 0.3) is 0 Å². The van der Waals surface area contributed by atoms with Gasteiger partial charge >= 0.3 is 0 Å². The van der Waals surface area contributed by atoms with Crippen molar-refractivity contribution in [3.8, 4) is 0 Å². The van der Waals surface area contributed by atoms with E-state index in [0.29, 0.717) is 18.4 Å². The SMILES string of the molecule is CCC1CC(=O)n2c3c(c4ccccc42)CCN(CC)C31. The second-order valence-corrected chi connectivity index (χ2v) is 6.31. The number of fused-ring (bicyclic) bond motifs is 3. The molecule has 3 heteroatoms. The topological polar surface area (TPSA) is 25.2 Å². The molecule has 3 nitrogen and oxygen atoms in total. The molecule has 0 N–H and O–H groups in total. The number of rotatable bonds is 2. The fraction of sp³-hybridized carbons (Fsp3) is 0.500. The van der Waals surface area contributed by atoms with Crippen molar-refractivity contribution in [3.63, 3.8) is 0 Å². The zero-order valence-corrected chi connectivity index (χ0v) is 12.8. The minimum atomic E-state index is 0.286. The van der Waals surface area contributed by atoms with E-state index >= 15 is 0 Å². The summed E-state index contributed by atoms with van der Waals surface area (Å²) in [6.45, 7) is 6.64. The summed E-state index contributed by atoms with van der Waals surface area (Å²) < 4.78 is 2.03. The molecule has 4 rings (SSSR count). The summed E-state index contributed by atoms with van der Waals surface area (Å²) in [5.74, 6) is 0.752. The lowest BCUT2D eigenvalue weighted by Crippen LogP contribution is -2.44. The maximum atomic E-state index is 12.7. The molecule has 2 aromatic rings. The van der Waals surface area contributed by atoms with E-state index < -0.39 is 0 Å². The molecule has 1 aromatic carbocycles. The van der Waals surface area contributed by atoms with Gasteiger partial charge in [-0.15, -0.1) is 0 Å². The second-order valence-electron chi connectivity index (χ2n) is 6.31. The van der Waals surface area contributed by atoms with E-state index in [-0.39, 0.29) is 5.91 Å². The van der Waals surface area contributed by atoms with Crippen LogP contribution in [0.5, 0.6) is 0 Å². The van der Waals surface area contributed by atoms with Crippen molar-refractivity contribution >= 4 is 16.8 Å². The van der Waals surface area contributed by atoms with E-state index in [2.05, 4.69) is 36.9 Å². The number of nitrogens with zero attached hydrogens (tertiary/aromatic N) is 2. The van der Waals surface area contributed by atoms with Crippen LogP contribution in [-0.4, -0.2) is 28.5 Å². The third kappa shape index (κ3) is 1.67. The summed E-state index contributed by atoms with van der Waals surface area (Å²) in [5.41, 5.74) is 3.84. The van der Waals surface area contributed by atoms with Crippen LogP contribution < -0.4 is 0 Å². The molecule has 0 bridgehead atoms. The third-order valence-corrected chi connectivity index (χ3v) is 5.41. The van der Waals surface area contributed by atoms with Crippen molar-refractivity contribution in [2.45, 2.75) is 39.2 Å². The Morgan fingerprint density at radius 2 is 2.05 bits per heavy atom. The molecule has 0 amide bonds. The Labute approximate surface area is 125 Å². The molecule has 0 radical (unpaired) electrons. The first-order valence-corrected chi connectivity index (χ1v) is 8.15. The average molecular weight is 282 g/mol. The molecule has 2 atom stereocenters. The maximum absolute atomic E-state index is 12.7. The van der Waals surface area contributed by atoms with Gasteiger partial charge in [-0.25, -0.2) is 0 Å². The molecule has 0 aliphatic carbocycles. The lowest BCUT2D eigenvalue weighted by atomic mass is 9.82. The lowest BCUT2D eigenvalue weighted by Gasteiger charge is -2.43. The maximum Gasteiger partial charge on any atom is 0.231 e. The number of hydrogen-bond acceptors (Lipinski definition) is 2. The highest BCUT2D eigenvalue weighted by Gasteiger charge is 2.41. The Balaban J connectivity index is 2.04. The highest BCUT2D eigenvalue weighted by molar-refractivity contribution is 5.97. The summed E-state index contributed by atoms with van der Waals surface area (Å²) in [6, 6.07) is 8.85. The van der Waals surface area contributed by atoms with Gasteiger partial charge < -0.3 is 0 Å². The Kier molecular flexibility index (Phi) is 2.93. The summed E-state index contributed by atoms with van der Waals surface area (Å²) >= 11 is 0. The van der Waals surface area contributed by atoms with Crippen molar-refractivity contribution in [1.29, 1.82) is 0 Å². The number of para-hydroxylation sites is 1. The largest absolute Gasteiger partial charge is 0.294 e. The lowest BCUT2D eigenvalue weighted by molar-refractivity contribution is 0.0676. The van der Waals surface area contributed by atoms with Crippen LogP contribution in [-0.2, 0) is 6.42 Å². The van der Waals surface area contributed by atoms with Gasteiger partial charge in [0.05, 0.1) is 11.6 Å². The van der Waals surface area contributed by atoms with Crippen molar-refractivity contribution in [3.05, 3.63) is 35.5 Å². The molecule has 2 aliphatic rings. The highest BCUT2D eigenvalue weighted by atomic mass is 16.2. The molecule has 3 heterocycles. The first-order chi connectivity index (χ1) is 10.3. The molecule has 2 unspecified atom stereocenters. The smallest absolute Gasteiger partial charge is 0.231 e. The first kappa shape index (κ1) is 13.1. The van der Waals surface area contributed by atoms with Crippen LogP contribution in [0, 0.1) is 5.92 Å². The standard InChI is InChI=1S/C18H22N2O/c1-3-12-11-16(21)20-15-8-6-5-7-13(15)14-9-10-19(4-2)17(12)18(14)20/h5-8,12,17H,3-4,9-11H2,1-2H3. The molecular formula is C18H22N2O. The number of benzene rings is 1. The Morgan fingerprint density at radius 3 is 2.81 bits per heavy atom. The minimum absolute atomic E-state index is 0.286. The Morgan fingerprint density at radius 1 is 1.24 bits per heavy atom. The summed E-state index contributed by atoms with van der Waals surface area (Å²) in [5, 5.41) is 1.29. The predicted molar refractivity (Wildman–Crippen MR) is 84.7 cm³/mol. The zero-order valence-electron chi connectivity index (χ0n) is 12.8. The van der Waals surface area contributed by atoms with E-state index in [1.165, 1.54) is 16.6 Å². The van der Waals surface area contributed by atoms with Crippen LogP contribution >= 0.6 is 0 Å². The fourth-order valence-electron chi connectivity index (χ4n) is 4.41. The van der Waals surface area contributed by atoms with Crippen molar-refractivity contribution in [2.24, 2.45) is 5.92 Å². The monoisotopic (exact) mass is 282 g/mol. The van der Waals surface area contributed by atoms with Gasteiger partial charge in [0, 0.05) is 24.0 Å². The fourth-order valence-corrected chi connectivity index (χ4v) is 4.41. The Bertz CT molecular complexity index is 715. The average Bonchev–Trinajstić information content (AvgIpc) is 2.86. The number of likely N-dealkylation sites (N-methyl/N-ethyl adjacent to an activating group) is 1. The molecule has 0 saturated carbocycles. The summed E-state index contributed by atoms with van der Waals surface area (Å²) in [7, 11) is 0. The molecule has 0 saturated heterocycles. The van der Waals surface area contributed by atoms with Gasteiger partial charge in [-0.3, -0.25) is 14.3 Å². The van der Waals surface area contributed by atoms with E-state index in [1.54, 1.807) is 0 Å². The van der Waals surface area contributed by atoms with Crippen LogP contribution in [0.2, 0.25) is 0 Å². The number of carbonyl (C=O) groups excluding carboxylic acids is 1. The van der Waals surface area contributed by atoms with Gasteiger partial charge in [-0.2, -0.15) is 0 Å². The second kappa shape index (κ2) is 4.70. The number of carbonyl (C=O) groups is 1. The van der Waals surface area contributed by atoms with Crippen LogP contribution in [0.1, 0.15) is 48.8 Å². The molecular weight excluding hydrogens is 260 g/mol. The van der Waals surface area contributed by atoms with Crippen LogP contribution in [0.15, 0.2) is 24.3 Å².